The number of benzene rings is 3. The minimum Gasteiger partial charge on any atom is -0.491 e. The maximum atomic E-state index is 14.0. The molecule has 3 N–H and O–H groups in total. The standard InChI is InChI=1S/C43H46FN5O8/c1-26(27-5-7-28(8-6-27)32-17-18-45-35-14-9-29(44)25-34(32)35)40(51)47-30-10-12-31(13-11-30)57-24-23-56-22-21-55-20-19-46-36-4-2-3-33-39(36)43(54)49(42(33)53)37-15-16-38(50)48-41(37)52/h2-4,9-14,17-18,25-28,37,46H,5-8,15-16,19-24H2,1H3,(H,47,51)(H,48,50,52)/t26-,27-,28+,37?/m1/s1. The lowest BCUT2D eigenvalue weighted by atomic mass is 9.73. The van der Waals surface area contributed by atoms with Crippen molar-refractivity contribution in [3.63, 3.8) is 0 Å². The van der Waals surface area contributed by atoms with Gasteiger partial charge in [0.15, 0.2) is 0 Å². The van der Waals surface area contributed by atoms with Gasteiger partial charge in [0.2, 0.25) is 17.7 Å². The normalized spacial score (nSPS) is 20.0. The number of fused-ring (bicyclic) bond motifs is 2. The van der Waals surface area contributed by atoms with Gasteiger partial charge in [-0.15, -0.1) is 0 Å². The van der Waals surface area contributed by atoms with Crippen molar-refractivity contribution >= 4 is 51.8 Å². The molecule has 298 valence electrons. The molecule has 3 aliphatic rings. The van der Waals surface area contributed by atoms with Crippen molar-refractivity contribution in [3.8, 4) is 5.75 Å². The van der Waals surface area contributed by atoms with Gasteiger partial charge in [0.05, 0.1) is 43.1 Å². The minimum atomic E-state index is -1.02. The van der Waals surface area contributed by atoms with Gasteiger partial charge in [0.25, 0.3) is 11.8 Å². The van der Waals surface area contributed by atoms with E-state index in [2.05, 4.69) is 20.9 Å². The Kier molecular flexibility index (Phi) is 12.5. The Morgan fingerprint density at radius 1 is 0.895 bits per heavy atom. The molecule has 5 amide bonds. The number of imide groups is 2. The lowest BCUT2D eigenvalue weighted by Gasteiger charge is -2.32. The number of halogens is 1. The number of rotatable bonds is 16. The van der Waals surface area contributed by atoms with Crippen LogP contribution in [0.15, 0.2) is 72.9 Å². The molecule has 1 unspecified atom stereocenters. The van der Waals surface area contributed by atoms with Gasteiger partial charge in [-0.05, 0) is 110 Å². The minimum absolute atomic E-state index is 0.0107. The van der Waals surface area contributed by atoms with E-state index < -0.39 is 29.7 Å². The first kappa shape index (κ1) is 39.5. The average molecular weight is 780 g/mol. The predicted octanol–water partition coefficient (Wildman–Crippen LogP) is 5.85. The summed E-state index contributed by atoms with van der Waals surface area (Å²) < 4.78 is 31.0. The van der Waals surface area contributed by atoms with E-state index in [-0.39, 0.29) is 47.5 Å². The fourth-order valence-electron chi connectivity index (χ4n) is 7.99. The average Bonchev–Trinajstić information content (AvgIpc) is 3.47. The third kappa shape index (κ3) is 9.13. The molecule has 3 aromatic carbocycles. The Hall–Kier alpha value is -5.73. The number of aromatic nitrogens is 1. The van der Waals surface area contributed by atoms with Gasteiger partial charge in [-0.2, -0.15) is 0 Å². The van der Waals surface area contributed by atoms with E-state index in [1.54, 1.807) is 36.5 Å². The van der Waals surface area contributed by atoms with Gasteiger partial charge < -0.3 is 24.8 Å². The molecular formula is C43H46FN5O8. The monoisotopic (exact) mass is 779 g/mol. The van der Waals surface area contributed by atoms with E-state index in [0.29, 0.717) is 62.6 Å². The second-order valence-electron chi connectivity index (χ2n) is 14.7. The van der Waals surface area contributed by atoms with E-state index in [9.17, 15) is 28.4 Å². The van der Waals surface area contributed by atoms with E-state index in [0.717, 1.165) is 47.0 Å². The number of pyridine rings is 1. The van der Waals surface area contributed by atoms with Crippen LogP contribution in [0.4, 0.5) is 15.8 Å². The van der Waals surface area contributed by atoms with Crippen LogP contribution < -0.4 is 20.7 Å². The number of ether oxygens (including phenoxy) is 3. The van der Waals surface area contributed by atoms with E-state index >= 15 is 0 Å². The Labute approximate surface area is 329 Å². The number of nitrogens with zero attached hydrogens (tertiary/aromatic N) is 2. The molecule has 3 heterocycles. The summed E-state index contributed by atoms with van der Waals surface area (Å²) in [5, 5.41) is 9.26. The zero-order valence-electron chi connectivity index (χ0n) is 31.8. The van der Waals surface area contributed by atoms with Crippen LogP contribution in [0.25, 0.3) is 10.9 Å². The molecule has 1 aliphatic carbocycles. The molecule has 13 nitrogen and oxygen atoms in total. The van der Waals surface area contributed by atoms with Crippen molar-refractivity contribution in [2.75, 3.05) is 50.2 Å². The lowest BCUT2D eigenvalue weighted by molar-refractivity contribution is -0.136. The molecule has 14 heteroatoms. The van der Waals surface area contributed by atoms with Crippen LogP contribution in [-0.4, -0.2) is 85.0 Å². The Bertz CT molecular complexity index is 2140. The summed E-state index contributed by atoms with van der Waals surface area (Å²) in [5.41, 5.74) is 3.52. The highest BCUT2D eigenvalue weighted by atomic mass is 19.1. The number of hydrogen-bond acceptors (Lipinski definition) is 10. The summed E-state index contributed by atoms with van der Waals surface area (Å²) >= 11 is 0. The zero-order valence-corrected chi connectivity index (χ0v) is 31.8. The molecule has 0 radical (unpaired) electrons. The highest BCUT2D eigenvalue weighted by Gasteiger charge is 2.45. The quantitative estimate of drug-likeness (QED) is 0.0929. The van der Waals surface area contributed by atoms with Crippen LogP contribution in [0.1, 0.15) is 77.6 Å². The number of carbonyl (C=O) groups excluding carboxylic acids is 5. The molecule has 57 heavy (non-hydrogen) atoms. The summed E-state index contributed by atoms with van der Waals surface area (Å²) in [6, 6.07) is 17.9. The van der Waals surface area contributed by atoms with Crippen LogP contribution in [0.3, 0.4) is 0 Å². The van der Waals surface area contributed by atoms with Crippen molar-refractivity contribution in [1.29, 1.82) is 0 Å². The number of hydrogen-bond donors (Lipinski definition) is 3. The van der Waals surface area contributed by atoms with E-state index in [1.165, 1.54) is 6.07 Å². The largest absolute Gasteiger partial charge is 0.491 e. The number of piperidine rings is 1. The molecule has 1 saturated heterocycles. The molecule has 0 bridgehead atoms. The Morgan fingerprint density at radius 2 is 1.65 bits per heavy atom. The predicted molar refractivity (Wildman–Crippen MR) is 209 cm³/mol. The highest BCUT2D eigenvalue weighted by molar-refractivity contribution is 6.25. The molecule has 7 rings (SSSR count). The van der Waals surface area contributed by atoms with Crippen molar-refractivity contribution < 1.29 is 42.6 Å². The molecular weight excluding hydrogens is 733 g/mol. The topological polar surface area (TPSA) is 165 Å². The van der Waals surface area contributed by atoms with E-state index in [4.69, 9.17) is 14.2 Å². The van der Waals surface area contributed by atoms with Crippen molar-refractivity contribution in [1.82, 2.24) is 15.2 Å². The SMILES string of the molecule is C[C@@H](C(=O)Nc1ccc(OCCOCCOCCNc2cccc3c2C(=O)N(C2CCC(=O)NC2=O)C3=O)cc1)[C@H]1CC[C@@H](c2ccnc3ccc(F)cc32)CC1. The summed E-state index contributed by atoms with van der Waals surface area (Å²) in [5.74, 6) is -1.37. The summed E-state index contributed by atoms with van der Waals surface area (Å²) in [6.45, 7) is 4.05. The maximum Gasteiger partial charge on any atom is 0.264 e. The van der Waals surface area contributed by atoms with Gasteiger partial charge in [-0.3, -0.25) is 39.2 Å². The fourth-order valence-corrected chi connectivity index (χ4v) is 7.99. The summed E-state index contributed by atoms with van der Waals surface area (Å²) in [6.07, 6.45) is 5.69. The first-order valence-corrected chi connectivity index (χ1v) is 19.5. The molecule has 2 fully saturated rings. The van der Waals surface area contributed by atoms with Crippen LogP contribution in [0.5, 0.6) is 5.75 Å². The van der Waals surface area contributed by atoms with Gasteiger partial charge in [-0.1, -0.05) is 13.0 Å². The second-order valence-corrected chi connectivity index (χ2v) is 14.7. The van der Waals surface area contributed by atoms with Crippen molar-refractivity contribution in [2.24, 2.45) is 11.8 Å². The molecule has 2 atom stereocenters. The number of amides is 5. The highest BCUT2D eigenvalue weighted by Crippen LogP contribution is 2.41. The summed E-state index contributed by atoms with van der Waals surface area (Å²) in [7, 11) is 0. The number of anilines is 2. The van der Waals surface area contributed by atoms with Crippen LogP contribution >= 0.6 is 0 Å². The Morgan fingerprint density at radius 3 is 2.42 bits per heavy atom. The van der Waals surface area contributed by atoms with Gasteiger partial charge >= 0.3 is 0 Å². The zero-order chi connectivity index (χ0) is 39.9. The van der Waals surface area contributed by atoms with Crippen molar-refractivity contribution in [2.45, 2.75) is 57.4 Å². The first-order chi connectivity index (χ1) is 27.7. The molecule has 1 aromatic heterocycles. The molecule has 4 aromatic rings. The third-order valence-corrected chi connectivity index (χ3v) is 11.1. The van der Waals surface area contributed by atoms with Crippen LogP contribution in [0.2, 0.25) is 0 Å². The molecule has 1 saturated carbocycles. The van der Waals surface area contributed by atoms with Crippen LogP contribution in [0, 0.1) is 17.7 Å². The first-order valence-electron chi connectivity index (χ1n) is 19.5. The summed E-state index contributed by atoms with van der Waals surface area (Å²) in [4.78, 5) is 68.6. The third-order valence-electron chi connectivity index (χ3n) is 11.1. The number of nitrogens with one attached hydrogen (secondary N) is 3. The van der Waals surface area contributed by atoms with Gasteiger partial charge in [-0.25, -0.2) is 4.39 Å². The molecule has 0 spiro atoms. The second kappa shape index (κ2) is 18.0. The van der Waals surface area contributed by atoms with Gasteiger partial charge in [0.1, 0.15) is 24.2 Å². The maximum absolute atomic E-state index is 14.0. The van der Waals surface area contributed by atoms with Crippen molar-refractivity contribution in [3.05, 3.63) is 95.4 Å². The van der Waals surface area contributed by atoms with E-state index in [1.807, 2.05) is 37.3 Å². The molecule has 2 aliphatic heterocycles. The lowest BCUT2D eigenvalue weighted by Crippen LogP contribution is -2.54. The Balaban J connectivity index is 0.756. The van der Waals surface area contributed by atoms with Gasteiger partial charge in [0, 0.05) is 41.8 Å². The smallest absolute Gasteiger partial charge is 0.264 e. The fraction of sp³-hybridized carbons (Fsp3) is 0.395. The van der Waals surface area contributed by atoms with Crippen LogP contribution in [-0.2, 0) is 23.9 Å². The number of carbonyl (C=O) groups is 5.